The first kappa shape index (κ1) is 15.0. The summed E-state index contributed by atoms with van der Waals surface area (Å²) >= 11 is 1.68. The highest BCUT2D eigenvalue weighted by Crippen LogP contribution is 2.26. The molecule has 1 N–H and O–H groups in total. The van der Waals surface area contributed by atoms with E-state index in [1.807, 2.05) is 29.0 Å². The average Bonchev–Trinajstić information content (AvgIpc) is 2.99. The van der Waals surface area contributed by atoms with Gasteiger partial charge in [0.1, 0.15) is 0 Å². The van der Waals surface area contributed by atoms with Crippen LogP contribution < -0.4 is 10.9 Å². The fourth-order valence-corrected chi connectivity index (χ4v) is 2.98. The molecule has 1 unspecified atom stereocenters. The van der Waals surface area contributed by atoms with E-state index < -0.39 is 0 Å². The predicted molar refractivity (Wildman–Crippen MR) is 86.4 cm³/mol. The molecule has 0 spiro atoms. The molecule has 0 amide bonds. The first-order valence-electron chi connectivity index (χ1n) is 7.18. The number of nitrogens with one attached hydrogen (secondary N) is 1. The maximum absolute atomic E-state index is 12.7. The van der Waals surface area contributed by atoms with Crippen molar-refractivity contribution in [1.29, 1.82) is 0 Å². The second kappa shape index (κ2) is 6.86. The van der Waals surface area contributed by atoms with Crippen LogP contribution in [0, 0.1) is 0 Å². The van der Waals surface area contributed by atoms with Gasteiger partial charge in [0, 0.05) is 18.2 Å². The molecule has 0 aliphatic heterocycles. The first-order valence-corrected chi connectivity index (χ1v) is 8.06. The van der Waals surface area contributed by atoms with Gasteiger partial charge in [0.2, 0.25) is 0 Å². The van der Waals surface area contributed by atoms with E-state index in [9.17, 15) is 4.79 Å². The van der Waals surface area contributed by atoms with Crippen LogP contribution in [0.5, 0.6) is 0 Å². The van der Waals surface area contributed by atoms with Crippen molar-refractivity contribution < 1.29 is 0 Å². The average molecular weight is 290 g/mol. The molecule has 0 aliphatic rings. The minimum atomic E-state index is 0.131. The second-order valence-corrected chi connectivity index (χ2v) is 5.88. The molecule has 0 aromatic carbocycles. The molecule has 20 heavy (non-hydrogen) atoms. The van der Waals surface area contributed by atoms with Gasteiger partial charge in [0.05, 0.1) is 10.6 Å². The monoisotopic (exact) mass is 290 g/mol. The number of aromatic nitrogens is 1. The zero-order valence-corrected chi connectivity index (χ0v) is 13.2. The molecule has 2 heterocycles. The van der Waals surface area contributed by atoms with Crippen LogP contribution in [0.1, 0.15) is 38.8 Å². The van der Waals surface area contributed by atoms with Gasteiger partial charge < -0.3 is 9.88 Å². The Kier molecular flexibility index (Phi) is 5.15. The van der Waals surface area contributed by atoms with Crippen molar-refractivity contribution >= 4 is 11.3 Å². The Balaban J connectivity index is 2.53. The summed E-state index contributed by atoms with van der Waals surface area (Å²) in [6, 6.07) is 8.34. The molecule has 0 bridgehead atoms. The Bertz CT molecular complexity index is 601. The van der Waals surface area contributed by atoms with E-state index in [1.54, 1.807) is 11.3 Å². The van der Waals surface area contributed by atoms with Crippen LogP contribution in [0.2, 0.25) is 0 Å². The van der Waals surface area contributed by atoms with Crippen molar-refractivity contribution in [3.8, 4) is 10.6 Å². The largest absolute Gasteiger partial charge is 0.313 e. The highest BCUT2D eigenvalue weighted by atomic mass is 32.1. The van der Waals surface area contributed by atoms with Crippen LogP contribution in [0.25, 0.3) is 10.6 Å². The summed E-state index contributed by atoms with van der Waals surface area (Å²) in [6.45, 7) is 7.78. The molecule has 3 nitrogen and oxygen atoms in total. The lowest BCUT2D eigenvalue weighted by molar-refractivity contribution is 0.514. The fourth-order valence-electron chi connectivity index (χ4n) is 2.23. The molecule has 0 radical (unpaired) electrons. The maximum atomic E-state index is 12.7. The number of thiophene rings is 1. The highest BCUT2D eigenvalue weighted by Gasteiger charge is 2.14. The zero-order valence-electron chi connectivity index (χ0n) is 12.3. The molecule has 1 atom stereocenters. The number of nitrogens with zero attached hydrogens (tertiary/aromatic N) is 1. The van der Waals surface area contributed by atoms with Gasteiger partial charge in [-0.2, -0.15) is 0 Å². The summed E-state index contributed by atoms with van der Waals surface area (Å²) in [5.74, 6) is 0. The number of hydrogen-bond acceptors (Lipinski definition) is 3. The van der Waals surface area contributed by atoms with Gasteiger partial charge in [-0.1, -0.05) is 26.0 Å². The van der Waals surface area contributed by atoms with Crippen molar-refractivity contribution in [2.24, 2.45) is 0 Å². The van der Waals surface area contributed by atoms with Crippen LogP contribution in [0.4, 0.5) is 0 Å². The van der Waals surface area contributed by atoms with E-state index >= 15 is 0 Å². The molecule has 2 aromatic heterocycles. The Morgan fingerprint density at radius 1 is 1.30 bits per heavy atom. The molecule has 0 saturated heterocycles. The normalized spacial score (nSPS) is 12.6. The molecule has 4 heteroatoms. The van der Waals surface area contributed by atoms with Crippen LogP contribution in [0.15, 0.2) is 34.4 Å². The molecule has 2 aromatic rings. The van der Waals surface area contributed by atoms with E-state index in [2.05, 4.69) is 31.3 Å². The molecule has 108 valence electrons. The van der Waals surface area contributed by atoms with Gasteiger partial charge in [-0.05, 0) is 37.4 Å². The van der Waals surface area contributed by atoms with Crippen LogP contribution in [-0.2, 0) is 6.54 Å². The Morgan fingerprint density at radius 3 is 2.70 bits per heavy atom. The minimum absolute atomic E-state index is 0.131. The van der Waals surface area contributed by atoms with Gasteiger partial charge in [-0.25, -0.2) is 0 Å². The third-order valence-corrected chi connectivity index (χ3v) is 4.46. The highest BCUT2D eigenvalue weighted by molar-refractivity contribution is 7.13. The summed E-state index contributed by atoms with van der Waals surface area (Å²) in [5.41, 5.74) is 2.00. The second-order valence-electron chi connectivity index (χ2n) is 4.93. The maximum Gasteiger partial charge on any atom is 0.255 e. The zero-order chi connectivity index (χ0) is 14.5. The van der Waals surface area contributed by atoms with Gasteiger partial charge in [0.15, 0.2) is 0 Å². The summed E-state index contributed by atoms with van der Waals surface area (Å²) in [6.07, 6.45) is 0.947. The third kappa shape index (κ3) is 3.02. The molecule has 2 rings (SSSR count). The number of pyridine rings is 1. The summed E-state index contributed by atoms with van der Waals surface area (Å²) in [5, 5.41) is 5.28. The van der Waals surface area contributed by atoms with Crippen molar-refractivity contribution in [3.05, 3.63) is 45.6 Å². The summed E-state index contributed by atoms with van der Waals surface area (Å²) in [4.78, 5) is 13.9. The van der Waals surface area contributed by atoms with Gasteiger partial charge >= 0.3 is 0 Å². The molecule has 0 saturated carbocycles. The van der Waals surface area contributed by atoms with Crippen LogP contribution in [-0.4, -0.2) is 11.1 Å². The Labute approximate surface area is 124 Å². The minimum Gasteiger partial charge on any atom is -0.313 e. The summed E-state index contributed by atoms with van der Waals surface area (Å²) in [7, 11) is 0. The fraction of sp³-hybridized carbons (Fsp3) is 0.438. The van der Waals surface area contributed by atoms with Gasteiger partial charge in [0.25, 0.3) is 5.56 Å². The van der Waals surface area contributed by atoms with E-state index in [0.717, 1.165) is 29.1 Å². The van der Waals surface area contributed by atoms with Crippen molar-refractivity contribution in [2.45, 2.75) is 39.8 Å². The lowest BCUT2D eigenvalue weighted by atomic mass is 10.1. The van der Waals surface area contributed by atoms with Crippen molar-refractivity contribution in [1.82, 2.24) is 9.88 Å². The van der Waals surface area contributed by atoms with Crippen molar-refractivity contribution in [3.63, 3.8) is 0 Å². The van der Waals surface area contributed by atoms with Crippen molar-refractivity contribution in [2.75, 3.05) is 6.54 Å². The summed E-state index contributed by atoms with van der Waals surface area (Å²) < 4.78 is 1.94. The quantitative estimate of drug-likeness (QED) is 0.881. The van der Waals surface area contributed by atoms with Gasteiger partial charge in [-0.15, -0.1) is 11.3 Å². The van der Waals surface area contributed by atoms with Gasteiger partial charge in [-0.3, -0.25) is 4.79 Å². The SMILES string of the molecule is CCNCc1ccc(-c2cccs2)n(C(C)CC)c1=O. The lowest BCUT2D eigenvalue weighted by Crippen LogP contribution is -2.29. The lowest BCUT2D eigenvalue weighted by Gasteiger charge is -2.19. The standard InChI is InChI=1S/C16H22N2OS/c1-4-12(3)18-14(15-7-6-10-20-15)9-8-13(16(18)19)11-17-5-2/h6-10,12,17H,4-5,11H2,1-3H3. The number of rotatable bonds is 6. The molecular formula is C16H22N2OS. The van der Waals surface area contributed by atoms with E-state index in [-0.39, 0.29) is 11.6 Å². The van der Waals surface area contributed by atoms with E-state index in [0.29, 0.717) is 6.54 Å². The topological polar surface area (TPSA) is 34.0 Å². The Hall–Kier alpha value is -1.39. The molecule has 0 aliphatic carbocycles. The van der Waals surface area contributed by atoms with E-state index in [4.69, 9.17) is 0 Å². The van der Waals surface area contributed by atoms with Crippen LogP contribution >= 0.6 is 11.3 Å². The first-order chi connectivity index (χ1) is 9.69. The third-order valence-electron chi connectivity index (χ3n) is 3.57. The predicted octanol–water partition coefficient (Wildman–Crippen LogP) is 3.66. The van der Waals surface area contributed by atoms with Crippen LogP contribution in [0.3, 0.4) is 0 Å². The Morgan fingerprint density at radius 2 is 2.10 bits per heavy atom. The smallest absolute Gasteiger partial charge is 0.255 e. The molecule has 0 fully saturated rings. The number of hydrogen-bond donors (Lipinski definition) is 1. The molecular weight excluding hydrogens is 268 g/mol. The van der Waals surface area contributed by atoms with E-state index in [1.165, 1.54) is 0 Å².